The van der Waals surface area contributed by atoms with Crippen LogP contribution in [0.15, 0.2) is 60.3 Å². The van der Waals surface area contributed by atoms with E-state index in [9.17, 15) is 14.4 Å². The number of aromatic nitrogens is 1. The number of ether oxygens (including phenoxy) is 2. The Kier molecular flexibility index (Phi) is 6.83. The molecule has 32 heavy (non-hydrogen) atoms. The lowest BCUT2D eigenvalue weighted by Crippen LogP contribution is -2.32. The molecule has 1 fully saturated rings. The van der Waals surface area contributed by atoms with E-state index >= 15 is 0 Å². The van der Waals surface area contributed by atoms with Crippen molar-refractivity contribution in [3.63, 3.8) is 0 Å². The fraction of sp³-hybridized carbons (Fsp3) is 0.280. The fourth-order valence-electron chi connectivity index (χ4n) is 3.78. The van der Waals surface area contributed by atoms with Gasteiger partial charge in [0.15, 0.2) is 0 Å². The Balaban J connectivity index is 1.48. The van der Waals surface area contributed by atoms with Crippen molar-refractivity contribution < 1.29 is 18.7 Å². The molecule has 164 valence electrons. The number of carbonyl (C=O) groups excluding carboxylic acids is 1. The van der Waals surface area contributed by atoms with E-state index in [2.05, 4.69) is 5.32 Å². The van der Waals surface area contributed by atoms with Crippen LogP contribution in [0.5, 0.6) is 5.75 Å². The van der Waals surface area contributed by atoms with Crippen LogP contribution in [0.1, 0.15) is 18.4 Å². The number of hydrogen-bond acceptors (Lipinski definition) is 4. The van der Waals surface area contributed by atoms with Crippen molar-refractivity contribution in [1.29, 1.82) is 5.26 Å². The Morgan fingerprint density at radius 1 is 1.28 bits per heavy atom. The standard InChI is InChI=1S/C25H24FN3O3/c26-20-7-9-21(10-8-20)32-13-11-29-17-19(23-5-1-2-6-24(23)29)14-18(15-27)25(30)28-16-22-4-3-12-31-22/h1-2,5-10,14,17,22H,3-4,11-13,16H2,(H,28,30)/b18-14+. The predicted molar refractivity (Wildman–Crippen MR) is 119 cm³/mol. The van der Waals surface area contributed by atoms with Crippen molar-refractivity contribution >= 4 is 22.9 Å². The summed E-state index contributed by atoms with van der Waals surface area (Å²) in [6.45, 7) is 2.06. The molecule has 7 heteroatoms. The quantitative estimate of drug-likeness (QED) is 0.429. The van der Waals surface area contributed by atoms with Crippen molar-refractivity contribution in [2.24, 2.45) is 0 Å². The summed E-state index contributed by atoms with van der Waals surface area (Å²) in [5.41, 5.74) is 1.80. The monoisotopic (exact) mass is 433 g/mol. The van der Waals surface area contributed by atoms with Gasteiger partial charge in [-0.05, 0) is 49.2 Å². The highest BCUT2D eigenvalue weighted by Crippen LogP contribution is 2.24. The van der Waals surface area contributed by atoms with Crippen LogP contribution < -0.4 is 10.1 Å². The van der Waals surface area contributed by atoms with Crippen molar-refractivity contribution in [2.75, 3.05) is 19.8 Å². The molecule has 4 rings (SSSR count). The van der Waals surface area contributed by atoms with Crippen LogP contribution in [-0.4, -0.2) is 36.3 Å². The van der Waals surface area contributed by atoms with E-state index in [1.54, 1.807) is 18.2 Å². The summed E-state index contributed by atoms with van der Waals surface area (Å²) in [4.78, 5) is 12.5. The predicted octanol–water partition coefficient (Wildman–Crippen LogP) is 4.06. The number of nitriles is 1. The molecule has 1 saturated heterocycles. The molecule has 6 nitrogen and oxygen atoms in total. The lowest BCUT2D eigenvalue weighted by atomic mass is 10.1. The van der Waals surface area contributed by atoms with Crippen LogP contribution in [0.2, 0.25) is 0 Å². The number of halogens is 1. The summed E-state index contributed by atoms with van der Waals surface area (Å²) in [5, 5.41) is 13.3. The van der Waals surface area contributed by atoms with E-state index in [4.69, 9.17) is 9.47 Å². The number of rotatable bonds is 8. The number of para-hydroxylation sites is 1. The van der Waals surface area contributed by atoms with E-state index in [-0.39, 0.29) is 17.5 Å². The number of benzene rings is 2. The van der Waals surface area contributed by atoms with E-state index in [0.717, 1.165) is 29.3 Å². The zero-order chi connectivity index (χ0) is 22.3. The maximum Gasteiger partial charge on any atom is 0.262 e. The zero-order valence-corrected chi connectivity index (χ0v) is 17.6. The van der Waals surface area contributed by atoms with Gasteiger partial charge >= 0.3 is 0 Å². The Morgan fingerprint density at radius 2 is 2.09 bits per heavy atom. The van der Waals surface area contributed by atoms with Crippen molar-refractivity contribution in [3.8, 4) is 11.8 Å². The zero-order valence-electron chi connectivity index (χ0n) is 17.6. The lowest BCUT2D eigenvalue weighted by molar-refractivity contribution is -0.117. The fourth-order valence-corrected chi connectivity index (χ4v) is 3.78. The van der Waals surface area contributed by atoms with Gasteiger partial charge in [0.1, 0.15) is 29.8 Å². The highest BCUT2D eigenvalue weighted by molar-refractivity contribution is 6.04. The number of hydrogen-bond donors (Lipinski definition) is 1. The molecular formula is C25H24FN3O3. The van der Waals surface area contributed by atoms with Gasteiger partial charge in [-0.2, -0.15) is 5.26 Å². The second kappa shape index (κ2) is 10.1. The first-order chi connectivity index (χ1) is 15.6. The molecule has 0 radical (unpaired) electrons. The number of fused-ring (bicyclic) bond motifs is 1. The Labute approximate surface area is 185 Å². The van der Waals surface area contributed by atoms with E-state index in [1.165, 1.54) is 12.1 Å². The summed E-state index contributed by atoms with van der Waals surface area (Å²) in [7, 11) is 0. The summed E-state index contributed by atoms with van der Waals surface area (Å²) >= 11 is 0. The molecule has 2 aromatic carbocycles. The van der Waals surface area contributed by atoms with Crippen molar-refractivity contribution in [2.45, 2.75) is 25.5 Å². The van der Waals surface area contributed by atoms with Crippen LogP contribution >= 0.6 is 0 Å². The number of amides is 1. The molecule has 1 unspecified atom stereocenters. The Bertz CT molecular complexity index is 1160. The first-order valence-electron chi connectivity index (χ1n) is 10.6. The Hall–Kier alpha value is -3.63. The summed E-state index contributed by atoms with van der Waals surface area (Å²) in [5.74, 6) is -0.115. The minimum Gasteiger partial charge on any atom is -0.492 e. The van der Waals surface area contributed by atoms with Gasteiger partial charge in [0.25, 0.3) is 5.91 Å². The second-order valence-corrected chi connectivity index (χ2v) is 7.61. The molecule has 1 aliphatic heterocycles. The topological polar surface area (TPSA) is 76.3 Å². The van der Waals surface area contributed by atoms with Gasteiger partial charge in [0, 0.05) is 35.8 Å². The SMILES string of the molecule is N#C/C(=C\c1cn(CCOc2ccc(F)cc2)c2ccccc12)C(=O)NCC1CCCO1. The third kappa shape index (κ3) is 5.16. The number of nitrogens with one attached hydrogen (secondary N) is 1. The molecule has 2 heterocycles. The lowest BCUT2D eigenvalue weighted by Gasteiger charge is -2.10. The van der Waals surface area contributed by atoms with Crippen LogP contribution in [0, 0.1) is 17.1 Å². The third-order valence-electron chi connectivity index (χ3n) is 5.41. The van der Waals surface area contributed by atoms with Crippen LogP contribution in [0.25, 0.3) is 17.0 Å². The molecular weight excluding hydrogens is 409 g/mol. The highest BCUT2D eigenvalue weighted by Gasteiger charge is 2.18. The molecule has 1 N–H and O–H groups in total. The number of carbonyl (C=O) groups is 1. The minimum atomic E-state index is -0.403. The van der Waals surface area contributed by atoms with Gasteiger partial charge < -0.3 is 19.4 Å². The molecule has 1 aliphatic rings. The van der Waals surface area contributed by atoms with Gasteiger partial charge in [-0.3, -0.25) is 4.79 Å². The van der Waals surface area contributed by atoms with Crippen LogP contribution in [0.3, 0.4) is 0 Å². The molecule has 0 saturated carbocycles. The normalized spacial score (nSPS) is 16.1. The largest absolute Gasteiger partial charge is 0.492 e. The molecule has 1 amide bonds. The van der Waals surface area contributed by atoms with Crippen LogP contribution in [-0.2, 0) is 16.1 Å². The minimum absolute atomic E-state index is 0.0157. The Morgan fingerprint density at radius 3 is 2.84 bits per heavy atom. The van der Waals surface area contributed by atoms with Gasteiger partial charge in [-0.25, -0.2) is 4.39 Å². The van der Waals surface area contributed by atoms with Gasteiger partial charge in [0.2, 0.25) is 0 Å². The maximum atomic E-state index is 13.0. The highest BCUT2D eigenvalue weighted by atomic mass is 19.1. The van der Waals surface area contributed by atoms with E-state index < -0.39 is 5.91 Å². The molecule has 0 bridgehead atoms. The molecule has 0 spiro atoms. The first-order valence-corrected chi connectivity index (χ1v) is 10.6. The smallest absolute Gasteiger partial charge is 0.262 e. The summed E-state index contributed by atoms with van der Waals surface area (Å²) in [6.07, 6.45) is 5.45. The van der Waals surface area contributed by atoms with Gasteiger partial charge in [-0.1, -0.05) is 18.2 Å². The summed E-state index contributed by atoms with van der Waals surface area (Å²) in [6, 6.07) is 15.7. The van der Waals surface area contributed by atoms with Crippen molar-refractivity contribution in [3.05, 3.63) is 71.7 Å². The van der Waals surface area contributed by atoms with Crippen LogP contribution in [0.4, 0.5) is 4.39 Å². The third-order valence-corrected chi connectivity index (χ3v) is 5.41. The average molecular weight is 433 g/mol. The van der Waals surface area contributed by atoms with Gasteiger partial charge in [0.05, 0.1) is 12.6 Å². The van der Waals surface area contributed by atoms with E-state index in [0.29, 0.717) is 32.1 Å². The second-order valence-electron chi connectivity index (χ2n) is 7.61. The molecule has 3 aromatic rings. The van der Waals surface area contributed by atoms with Crippen molar-refractivity contribution in [1.82, 2.24) is 9.88 Å². The summed E-state index contributed by atoms with van der Waals surface area (Å²) < 4.78 is 26.3. The first kappa shape index (κ1) is 21.6. The molecule has 1 aromatic heterocycles. The van der Waals surface area contributed by atoms with E-state index in [1.807, 2.05) is 41.1 Å². The molecule has 0 aliphatic carbocycles. The maximum absolute atomic E-state index is 13.0. The van der Waals surface area contributed by atoms with Gasteiger partial charge in [-0.15, -0.1) is 0 Å². The number of nitrogens with zero attached hydrogens (tertiary/aromatic N) is 2. The molecule has 1 atom stereocenters. The average Bonchev–Trinajstić information content (AvgIpc) is 3.45.